The summed E-state index contributed by atoms with van der Waals surface area (Å²) in [5.74, 6) is -0.985. The van der Waals surface area contributed by atoms with E-state index in [4.69, 9.17) is 9.47 Å². The highest BCUT2D eigenvalue weighted by atomic mass is 16.6. The molecule has 0 heterocycles. The number of carbonyl (C=O) groups excluding carboxylic acids is 2. The lowest BCUT2D eigenvalue weighted by atomic mass is 10.2. The number of para-hydroxylation sites is 1. The third kappa shape index (κ3) is 6.34. The molecule has 1 N–H and O–H groups in total. The van der Waals surface area contributed by atoms with Gasteiger partial charge in [0.15, 0.2) is 0 Å². The summed E-state index contributed by atoms with van der Waals surface area (Å²) in [6.07, 6.45) is 3.86. The summed E-state index contributed by atoms with van der Waals surface area (Å²) in [5.41, 5.74) is 3.15. The number of esters is 1. The zero-order chi connectivity index (χ0) is 23.6. The fourth-order valence-electron chi connectivity index (χ4n) is 2.73. The summed E-state index contributed by atoms with van der Waals surface area (Å²) in [6, 6.07) is 19.5. The van der Waals surface area contributed by atoms with Crippen LogP contribution in [-0.4, -0.2) is 30.1 Å². The second kappa shape index (κ2) is 11.0. The number of methoxy groups -OCH3 is 1. The van der Waals surface area contributed by atoms with Crippen LogP contribution in [0.15, 0.2) is 84.0 Å². The molecule has 0 radical (unpaired) electrons. The van der Waals surface area contributed by atoms with Gasteiger partial charge in [0.25, 0.3) is 5.91 Å². The molecule has 0 unspecified atom stereocenters. The number of carbonyl (C=O) groups is 2. The Labute approximate surface area is 189 Å². The number of nitrogens with one attached hydrogen (secondary N) is 1. The fourth-order valence-corrected chi connectivity index (χ4v) is 2.73. The van der Waals surface area contributed by atoms with Crippen molar-refractivity contribution in [2.45, 2.75) is 0 Å². The van der Waals surface area contributed by atoms with Crippen LogP contribution < -0.4 is 14.9 Å². The molecule has 0 aliphatic heterocycles. The van der Waals surface area contributed by atoms with Crippen molar-refractivity contribution in [2.24, 2.45) is 5.10 Å². The monoisotopic (exact) mass is 445 g/mol. The largest absolute Gasteiger partial charge is 0.497 e. The van der Waals surface area contributed by atoms with E-state index in [-0.39, 0.29) is 11.3 Å². The zero-order valence-electron chi connectivity index (χ0n) is 17.5. The predicted molar refractivity (Wildman–Crippen MR) is 122 cm³/mol. The van der Waals surface area contributed by atoms with Gasteiger partial charge < -0.3 is 9.47 Å². The minimum atomic E-state index is -0.801. The standard InChI is InChI=1S/C24H19N3O6/c1-32-20-13-11-18(12-14-20)24(29)26-25-16-19-8-5-9-21(27(30)31)23(19)33-22(28)15-10-17-6-3-2-4-7-17/h2-16H,1H3,(H,26,29)/b15-10+,25-16+. The summed E-state index contributed by atoms with van der Waals surface area (Å²) < 4.78 is 10.3. The minimum Gasteiger partial charge on any atom is -0.497 e. The Morgan fingerprint density at radius 2 is 1.73 bits per heavy atom. The number of hydrogen-bond acceptors (Lipinski definition) is 7. The lowest BCUT2D eigenvalue weighted by molar-refractivity contribution is -0.385. The number of benzene rings is 3. The van der Waals surface area contributed by atoms with Crippen molar-refractivity contribution in [2.75, 3.05) is 7.11 Å². The van der Waals surface area contributed by atoms with E-state index in [1.165, 1.54) is 37.5 Å². The van der Waals surface area contributed by atoms with E-state index in [1.807, 2.05) is 18.2 Å². The number of hydrogen-bond donors (Lipinski definition) is 1. The van der Waals surface area contributed by atoms with Crippen molar-refractivity contribution in [3.8, 4) is 11.5 Å². The summed E-state index contributed by atoms with van der Waals surface area (Å²) in [6.45, 7) is 0. The maximum atomic E-state index is 12.3. The van der Waals surface area contributed by atoms with Crippen LogP contribution in [0.2, 0.25) is 0 Å². The lowest BCUT2D eigenvalue weighted by Gasteiger charge is -2.06. The number of nitro groups is 1. The van der Waals surface area contributed by atoms with Crippen LogP contribution in [0, 0.1) is 10.1 Å². The molecule has 9 nitrogen and oxygen atoms in total. The second-order valence-corrected chi connectivity index (χ2v) is 6.55. The van der Waals surface area contributed by atoms with Crippen LogP contribution in [0.5, 0.6) is 11.5 Å². The van der Waals surface area contributed by atoms with Gasteiger partial charge in [-0.3, -0.25) is 14.9 Å². The van der Waals surface area contributed by atoms with Gasteiger partial charge in [-0.15, -0.1) is 0 Å². The van der Waals surface area contributed by atoms with Crippen LogP contribution >= 0.6 is 0 Å². The molecule has 0 spiro atoms. The van der Waals surface area contributed by atoms with Crippen LogP contribution in [-0.2, 0) is 4.79 Å². The highest BCUT2D eigenvalue weighted by Crippen LogP contribution is 2.30. The van der Waals surface area contributed by atoms with Crippen LogP contribution in [0.3, 0.4) is 0 Å². The molecule has 0 fully saturated rings. The summed E-state index contributed by atoms with van der Waals surface area (Å²) in [5, 5.41) is 15.3. The quantitative estimate of drug-likeness (QED) is 0.140. The Morgan fingerprint density at radius 3 is 2.39 bits per heavy atom. The van der Waals surface area contributed by atoms with Gasteiger partial charge in [0, 0.05) is 23.3 Å². The van der Waals surface area contributed by atoms with Crippen molar-refractivity contribution in [1.29, 1.82) is 0 Å². The Morgan fingerprint density at radius 1 is 1.00 bits per heavy atom. The number of nitrogens with zero attached hydrogens (tertiary/aromatic N) is 2. The van der Waals surface area contributed by atoms with Gasteiger partial charge in [0.1, 0.15) is 5.75 Å². The van der Waals surface area contributed by atoms with Crippen LogP contribution in [0.4, 0.5) is 5.69 Å². The Bertz CT molecular complexity index is 1200. The topological polar surface area (TPSA) is 120 Å². The molecule has 0 aliphatic rings. The SMILES string of the molecule is COc1ccc(C(=O)N/N=C/c2cccc([N+](=O)[O-])c2OC(=O)/C=C/c2ccccc2)cc1. The molecule has 0 saturated carbocycles. The molecule has 1 amide bonds. The summed E-state index contributed by atoms with van der Waals surface area (Å²) in [7, 11) is 1.51. The number of amides is 1. The molecule has 0 bridgehead atoms. The van der Waals surface area contributed by atoms with E-state index >= 15 is 0 Å². The van der Waals surface area contributed by atoms with Crippen molar-refractivity contribution in [1.82, 2.24) is 5.43 Å². The van der Waals surface area contributed by atoms with E-state index in [9.17, 15) is 19.7 Å². The number of nitro benzene ring substituents is 1. The molecule has 9 heteroatoms. The van der Waals surface area contributed by atoms with E-state index in [0.29, 0.717) is 11.3 Å². The average molecular weight is 445 g/mol. The smallest absolute Gasteiger partial charge is 0.336 e. The zero-order valence-corrected chi connectivity index (χ0v) is 17.5. The first-order chi connectivity index (χ1) is 16.0. The lowest BCUT2D eigenvalue weighted by Crippen LogP contribution is -2.17. The minimum absolute atomic E-state index is 0.140. The molecule has 33 heavy (non-hydrogen) atoms. The Balaban J connectivity index is 1.76. The Hall–Kier alpha value is -4.79. The van der Waals surface area contributed by atoms with Crippen molar-refractivity contribution in [3.63, 3.8) is 0 Å². The second-order valence-electron chi connectivity index (χ2n) is 6.55. The van der Waals surface area contributed by atoms with Crippen molar-refractivity contribution < 1.29 is 24.0 Å². The van der Waals surface area contributed by atoms with Gasteiger partial charge in [0.2, 0.25) is 5.75 Å². The van der Waals surface area contributed by atoms with E-state index in [0.717, 1.165) is 11.8 Å². The molecule has 0 saturated heterocycles. The van der Waals surface area contributed by atoms with Gasteiger partial charge in [-0.1, -0.05) is 36.4 Å². The van der Waals surface area contributed by atoms with Gasteiger partial charge >= 0.3 is 11.7 Å². The van der Waals surface area contributed by atoms with Gasteiger partial charge in [-0.05, 0) is 42.0 Å². The highest BCUT2D eigenvalue weighted by molar-refractivity contribution is 5.96. The van der Waals surface area contributed by atoms with Crippen LogP contribution in [0.25, 0.3) is 6.08 Å². The fraction of sp³-hybridized carbons (Fsp3) is 0.0417. The number of hydrazone groups is 1. The van der Waals surface area contributed by atoms with Gasteiger partial charge in [0.05, 0.1) is 18.2 Å². The molecule has 3 aromatic carbocycles. The van der Waals surface area contributed by atoms with E-state index in [1.54, 1.807) is 36.4 Å². The molecule has 0 aromatic heterocycles. The molecular weight excluding hydrogens is 426 g/mol. The van der Waals surface area contributed by atoms with E-state index in [2.05, 4.69) is 10.5 Å². The van der Waals surface area contributed by atoms with Crippen molar-refractivity contribution >= 4 is 29.9 Å². The maximum Gasteiger partial charge on any atom is 0.336 e. The third-order valence-corrected chi connectivity index (χ3v) is 4.36. The molecule has 3 rings (SSSR count). The molecule has 0 atom stereocenters. The summed E-state index contributed by atoms with van der Waals surface area (Å²) in [4.78, 5) is 35.3. The number of rotatable bonds is 8. The molecule has 166 valence electrons. The normalized spacial score (nSPS) is 10.8. The summed E-state index contributed by atoms with van der Waals surface area (Å²) >= 11 is 0. The first kappa shape index (κ1) is 22.9. The number of ether oxygens (including phenoxy) is 2. The first-order valence-corrected chi connectivity index (χ1v) is 9.67. The van der Waals surface area contributed by atoms with E-state index < -0.39 is 22.5 Å². The molecule has 3 aromatic rings. The van der Waals surface area contributed by atoms with Crippen molar-refractivity contribution in [3.05, 3.63) is 106 Å². The predicted octanol–water partition coefficient (Wildman–Crippen LogP) is 3.99. The van der Waals surface area contributed by atoms with Gasteiger partial charge in [-0.25, -0.2) is 10.2 Å². The molecule has 0 aliphatic carbocycles. The van der Waals surface area contributed by atoms with Crippen LogP contribution in [0.1, 0.15) is 21.5 Å². The highest BCUT2D eigenvalue weighted by Gasteiger charge is 2.20. The van der Waals surface area contributed by atoms with Gasteiger partial charge in [-0.2, -0.15) is 5.10 Å². The molecular formula is C24H19N3O6. The average Bonchev–Trinajstić information content (AvgIpc) is 2.84. The third-order valence-electron chi connectivity index (χ3n) is 4.36. The first-order valence-electron chi connectivity index (χ1n) is 9.67. The maximum absolute atomic E-state index is 12.3. The Kier molecular flexibility index (Phi) is 7.63.